The van der Waals surface area contributed by atoms with Gasteiger partial charge in [0.25, 0.3) is 53.4 Å². The van der Waals surface area contributed by atoms with Gasteiger partial charge in [0.2, 0.25) is 6.54 Å². The molecule has 17 atom stereocenters. The Morgan fingerprint density at radius 3 is 1.11 bits per heavy atom. The van der Waals surface area contributed by atoms with Gasteiger partial charge in [0.15, 0.2) is 43.4 Å². The van der Waals surface area contributed by atoms with E-state index >= 15 is 4.39 Å². The monoisotopic (exact) mass is 1670 g/mol. The van der Waals surface area contributed by atoms with Crippen LogP contribution in [0.15, 0.2) is 63.1 Å². The van der Waals surface area contributed by atoms with Gasteiger partial charge in [-0.2, -0.15) is 35.1 Å². The Morgan fingerprint density at radius 2 is 0.771 bits per heavy atom. The van der Waals surface area contributed by atoms with Crippen LogP contribution in [0.5, 0.6) is 0 Å². The van der Waals surface area contributed by atoms with Crippen LogP contribution in [-0.2, 0) is 46.3 Å². The van der Waals surface area contributed by atoms with E-state index in [-0.39, 0.29) is 47.5 Å². The van der Waals surface area contributed by atoms with Crippen molar-refractivity contribution in [2.45, 2.75) is 216 Å². The highest BCUT2D eigenvalue weighted by atomic mass is 31.2. The fourth-order valence-corrected chi connectivity index (χ4v) is 15.5. The van der Waals surface area contributed by atoms with Crippen LogP contribution in [0.3, 0.4) is 0 Å². The Morgan fingerprint density at radius 1 is 0.486 bits per heavy atom. The van der Waals surface area contributed by atoms with E-state index in [9.17, 15) is 111 Å². The second-order valence-corrected chi connectivity index (χ2v) is 44.0. The molecule has 4 aromatic heterocycles. The highest BCUT2D eigenvalue weighted by molar-refractivity contribution is 7.64. The predicted molar refractivity (Wildman–Crippen MR) is 382 cm³/mol. The number of H-pyrrole nitrogens is 4. The standard InChI is InChI=1S/C22H35F3N4O6P2.C14H20F3N2O4P.C14H21F2N2O5P.C13H18F3N2O5P/c1-13(2)29(14(3)4)36(33-10-9-26-6)35-18-16(11-22(24,25)37(7,8)32)34-20(17(18)23)28-12-15(5)19(30)27-21(28)31;1-7-6-19(13(21)18-11(7)20)12-10(15)8(2)9(23-12)5-14(16,17)24(3,4)22;1-7-6-18(13(21)17-11(7)20)12-10(19)8(2)9(23-12)5-14(15,16)24(3,4)22;1-6-5-18(12(21)17-10(6)20)11-8(14)9(19)7(23-11)4-13(15,16)24(2,3)22/h12-14,16-18,20H,9-11H2,1-5,7-8H3,(H,27,30,31);6,8-10,12H,5H2,1-4H3,(H,18,20,21);6,8-10,12,19H,5H2,1-4H3,(H,17,20,21);5,7-9,11,19H,4H2,1-3H3,(H,17,20,21)/t16-,17-,18-,20-,36?;8-,9-,10-,12-;8-,9-,10+,12-;7-,8-,9-,11-/m1111/s1. The van der Waals surface area contributed by atoms with E-state index in [1.807, 2.05) is 42.6 Å². The fraction of sp³-hybridized carbons (Fsp3) is 0.730. The summed E-state index contributed by atoms with van der Waals surface area (Å²) in [6.45, 7) is 30.5. The third-order valence-electron chi connectivity index (χ3n) is 18.4. The van der Waals surface area contributed by atoms with E-state index in [0.29, 0.717) is 4.57 Å². The molecule has 618 valence electrons. The number of rotatable bonds is 24. The minimum atomic E-state index is -3.97. The first-order valence-corrected chi connectivity index (χ1v) is 45.2. The molecule has 4 aliphatic heterocycles. The van der Waals surface area contributed by atoms with Gasteiger partial charge in [-0.1, -0.05) is 13.8 Å². The normalized spacial score (nSPS) is 26.7. The zero-order valence-corrected chi connectivity index (χ0v) is 67.2. The van der Waals surface area contributed by atoms with Gasteiger partial charge in [0, 0.05) is 96.6 Å². The van der Waals surface area contributed by atoms with Gasteiger partial charge < -0.3 is 61.3 Å². The van der Waals surface area contributed by atoms with Crippen molar-refractivity contribution >= 4 is 37.1 Å². The lowest BCUT2D eigenvalue weighted by molar-refractivity contribution is -0.0631. The smallest absolute Gasteiger partial charge is 0.330 e. The maximum Gasteiger partial charge on any atom is 0.330 e. The number of aromatic nitrogens is 8. The molecule has 8 heterocycles. The number of ether oxygens (including phenoxy) is 4. The van der Waals surface area contributed by atoms with Crippen molar-refractivity contribution in [3.63, 3.8) is 0 Å². The SMILES string of the molecule is Cc1cn([C@@H]2O[C@H](CC(F)(F)P(C)(C)=O)[C@@H](C)[C@@H]2O)c(=O)[nH]c1=O.Cc1cn([C@@H]2O[C@H](CC(F)(F)P(C)(C)=O)[C@@H](C)[C@H]2F)c(=O)[nH]c1=O.Cc1cn([C@@H]2O[C@H](CC(F)(F)P(C)(C)=O)[C@@H](O)[C@H]2F)c(=O)[nH]c1=O.[C-]#[N+]CCOP(O[C@H]1[C@@H](F)[C@H](n2cc(C)c(=O)[nH]c2=O)O[C@@H]1CC(F)(F)P(C)(C)=O)N(C(C)C)C(C)C. The van der Waals surface area contributed by atoms with Crippen molar-refractivity contribution in [3.05, 3.63) is 142 Å². The Bertz CT molecular complexity index is 4300. The van der Waals surface area contributed by atoms with Gasteiger partial charge in [-0.15, -0.1) is 0 Å². The Hall–Kier alpha value is -5.57. The average molecular weight is 1680 g/mol. The van der Waals surface area contributed by atoms with Gasteiger partial charge in [-0.25, -0.2) is 43.6 Å². The summed E-state index contributed by atoms with van der Waals surface area (Å²) in [7, 11) is -17.3. The molecule has 109 heavy (non-hydrogen) atoms. The lowest BCUT2D eigenvalue weighted by Crippen LogP contribution is -2.40. The van der Waals surface area contributed by atoms with Crippen molar-refractivity contribution in [3.8, 4) is 0 Å². The lowest BCUT2D eigenvalue weighted by Gasteiger charge is -2.37. The Labute approximate surface area is 618 Å². The number of nitrogens with one attached hydrogen (secondary N) is 4. The molecule has 6 N–H and O–H groups in total. The van der Waals surface area contributed by atoms with Gasteiger partial charge in [0.05, 0.1) is 24.4 Å². The molecule has 0 saturated carbocycles. The summed E-state index contributed by atoms with van der Waals surface area (Å²) >= 11 is 0. The van der Waals surface area contributed by atoms with Crippen molar-refractivity contribution in [2.24, 2.45) is 11.8 Å². The first-order valence-electron chi connectivity index (χ1n) is 33.7. The maximum atomic E-state index is 16.0. The quantitative estimate of drug-likeness (QED) is 0.0165. The molecule has 8 rings (SSSR count). The number of aliphatic hydroxyl groups is 2. The van der Waals surface area contributed by atoms with E-state index in [1.165, 1.54) is 47.7 Å². The molecule has 46 heteroatoms. The van der Waals surface area contributed by atoms with E-state index in [0.717, 1.165) is 85.6 Å². The van der Waals surface area contributed by atoms with Crippen LogP contribution in [0.2, 0.25) is 0 Å². The van der Waals surface area contributed by atoms with Crippen LogP contribution in [0.25, 0.3) is 4.85 Å². The fourth-order valence-electron chi connectivity index (χ4n) is 11.3. The molecule has 0 radical (unpaired) electrons. The van der Waals surface area contributed by atoms with Crippen LogP contribution < -0.4 is 45.0 Å². The number of hydrogen-bond donors (Lipinski definition) is 6. The van der Waals surface area contributed by atoms with E-state index < -0.39 is 228 Å². The third-order valence-corrected chi connectivity index (χ3v) is 27.6. The number of aliphatic hydroxyl groups excluding tert-OH is 2. The number of alkyl halides is 11. The van der Waals surface area contributed by atoms with Crippen LogP contribution in [0.1, 0.15) is 114 Å². The van der Waals surface area contributed by atoms with E-state index in [1.54, 1.807) is 4.67 Å². The molecule has 4 aliphatic rings. The summed E-state index contributed by atoms with van der Waals surface area (Å²) in [5.74, 6) is -1.63. The highest BCUT2D eigenvalue weighted by Gasteiger charge is 2.58. The van der Waals surface area contributed by atoms with E-state index in [4.69, 9.17) is 34.6 Å². The first-order chi connectivity index (χ1) is 49.6. The number of nitrogens with zero attached hydrogens (tertiary/aromatic N) is 6. The van der Waals surface area contributed by atoms with Crippen LogP contribution in [0.4, 0.5) is 48.3 Å². The summed E-state index contributed by atoms with van der Waals surface area (Å²) < 4.78 is 244. The summed E-state index contributed by atoms with van der Waals surface area (Å²) in [4.78, 5) is 105. The van der Waals surface area contributed by atoms with Crippen molar-refractivity contribution in [1.29, 1.82) is 0 Å². The topological polar surface area (TPSA) is 391 Å². The van der Waals surface area contributed by atoms with Gasteiger partial charge >= 0.3 is 22.8 Å². The molecule has 4 fully saturated rings. The largest absolute Gasteiger partial charge is 0.388 e. The van der Waals surface area contributed by atoms with Crippen LogP contribution >= 0.6 is 37.1 Å². The van der Waals surface area contributed by atoms with Crippen LogP contribution in [0, 0.1) is 46.1 Å². The summed E-state index contributed by atoms with van der Waals surface area (Å²) in [6.07, 6.45) is -21.8. The number of halogens is 11. The maximum absolute atomic E-state index is 16.0. The van der Waals surface area contributed by atoms with E-state index in [2.05, 4.69) is 9.83 Å². The van der Waals surface area contributed by atoms with Crippen molar-refractivity contribution < 1.29 is 105 Å². The molecule has 0 aliphatic carbocycles. The third kappa shape index (κ3) is 22.3. The average Bonchev–Trinajstić information content (AvgIpc) is 1.65. The zero-order valence-electron chi connectivity index (χ0n) is 62.8. The van der Waals surface area contributed by atoms with Gasteiger partial charge in [-0.05, 0) is 109 Å². The second kappa shape index (κ2) is 35.9. The second-order valence-electron chi connectivity index (χ2n) is 29.2. The minimum absolute atomic E-state index is 0.0114. The van der Waals surface area contributed by atoms with Crippen molar-refractivity contribution in [1.82, 2.24) is 42.9 Å². The zero-order chi connectivity index (χ0) is 83.6. The van der Waals surface area contributed by atoms with Crippen molar-refractivity contribution in [2.75, 3.05) is 66.5 Å². The van der Waals surface area contributed by atoms with Gasteiger partial charge in [-0.3, -0.25) is 57.4 Å². The number of aryl methyl sites for hydroxylation is 4. The minimum Gasteiger partial charge on any atom is -0.388 e. The summed E-state index contributed by atoms with van der Waals surface area (Å²) in [5, 5.41) is 20.1. The number of aromatic amines is 4. The molecular weight excluding hydrogens is 1580 g/mol. The molecular formula is C63H94F11N10O20P5. The Kier molecular flexibility index (Phi) is 30.9. The molecule has 30 nitrogen and oxygen atoms in total. The predicted octanol–water partition coefficient (Wildman–Crippen LogP) is 9.07. The molecule has 4 aromatic rings. The summed E-state index contributed by atoms with van der Waals surface area (Å²) in [5.41, 5.74) is -19.9. The first kappa shape index (κ1) is 94.0. The van der Waals surface area contributed by atoms with Gasteiger partial charge in [0.1, 0.15) is 53.5 Å². The molecule has 0 aromatic carbocycles. The molecule has 1 unspecified atom stereocenters. The molecule has 0 amide bonds. The lowest BCUT2D eigenvalue weighted by atomic mass is 9.98. The molecule has 0 spiro atoms. The molecule has 0 bridgehead atoms. The highest BCUT2D eigenvalue weighted by Crippen LogP contribution is 2.62. The molecule has 4 saturated heterocycles. The van der Waals surface area contributed by atoms with Crippen LogP contribution in [-0.4, -0.2) is 216 Å². The Balaban J connectivity index is 0.000000266. The number of hydrogen-bond acceptors (Lipinski definition) is 21. The summed E-state index contributed by atoms with van der Waals surface area (Å²) in [6, 6.07) is -0.294.